The molecule has 7 heteroatoms. The molecule has 0 aliphatic carbocycles. The fourth-order valence-electron chi connectivity index (χ4n) is 2.27. The van der Waals surface area contributed by atoms with Gasteiger partial charge in [-0.15, -0.1) is 0 Å². The molecule has 0 fully saturated rings. The summed E-state index contributed by atoms with van der Waals surface area (Å²) in [6.07, 6.45) is 3.64. The van der Waals surface area contributed by atoms with Gasteiger partial charge in [0.25, 0.3) is 6.02 Å². The lowest BCUT2D eigenvalue weighted by Crippen LogP contribution is -2.31. The van der Waals surface area contributed by atoms with Gasteiger partial charge in [0.15, 0.2) is 0 Å². The quantitative estimate of drug-likeness (QED) is 0.731. The monoisotopic (exact) mass is 360 g/mol. The zero-order chi connectivity index (χ0) is 18.4. The smallest absolute Gasteiger partial charge is 0.292 e. The van der Waals surface area contributed by atoms with Gasteiger partial charge in [-0.05, 0) is 30.3 Å². The molecule has 0 amide bonds. The molecular weight excluding hydrogens is 342 g/mol. The molecule has 26 heavy (non-hydrogen) atoms. The van der Waals surface area contributed by atoms with Gasteiger partial charge in [-0.25, -0.2) is 13.8 Å². The molecule has 2 aromatic rings. The van der Waals surface area contributed by atoms with E-state index in [1.54, 1.807) is 30.5 Å². The first-order valence-corrected chi connectivity index (χ1v) is 8.04. The molecular formula is C19H18F2N2O3. The van der Waals surface area contributed by atoms with Gasteiger partial charge in [0.2, 0.25) is 0 Å². The van der Waals surface area contributed by atoms with Gasteiger partial charge in [0, 0.05) is 38.0 Å². The van der Waals surface area contributed by atoms with Crippen LogP contribution in [-0.4, -0.2) is 37.7 Å². The summed E-state index contributed by atoms with van der Waals surface area (Å²) in [7, 11) is 1.90. The normalized spacial score (nSPS) is 13.3. The number of ether oxygens (including phenoxy) is 3. The van der Waals surface area contributed by atoms with Crippen molar-refractivity contribution in [3.05, 3.63) is 66.4 Å². The maximum atomic E-state index is 13.2. The number of rotatable bonds is 6. The van der Waals surface area contributed by atoms with Crippen LogP contribution in [0.2, 0.25) is 0 Å². The Morgan fingerprint density at radius 3 is 2.27 bits per heavy atom. The van der Waals surface area contributed by atoms with Gasteiger partial charge in [0.1, 0.15) is 42.1 Å². The summed E-state index contributed by atoms with van der Waals surface area (Å²) in [4.78, 5) is 6.02. The lowest BCUT2D eigenvalue weighted by atomic mass is 10.3. The molecule has 0 radical (unpaired) electrons. The van der Waals surface area contributed by atoms with Crippen LogP contribution in [0, 0.1) is 11.6 Å². The minimum Gasteiger partial charge on any atom is -0.490 e. The molecule has 2 aromatic carbocycles. The Kier molecular flexibility index (Phi) is 5.68. The third-order valence-corrected chi connectivity index (χ3v) is 3.47. The van der Waals surface area contributed by atoms with E-state index in [4.69, 9.17) is 14.2 Å². The average Bonchev–Trinajstić information content (AvgIpc) is 2.61. The molecule has 136 valence electrons. The van der Waals surface area contributed by atoms with Gasteiger partial charge in [-0.1, -0.05) is 0 Å². The summed E-state index contributed by atoms with van der Waals surface area (Å²) in [5, 5.41) is 0. The first-order chi connectivity index (χ1) is 12.6. The Balaban J connectivity index is 1.47. The highest BCUT2D eigenvalue weighted by molar-refractivity contribution is 5.75. The minimum atomic E-state index is -0.691. The van der Waals surface area contributed by atoms with Crippen molar-refractivity contribution in [2.75, 3.05) is 26.8 Å². The maximum absolute atomic E-state index is 13.2. The van der Waals surface area contributed by atoms with Crippen LogP contribution in [0.1, 0.15) is 0 Å². The Morgan fingerprint density at radius 1 is 0.923 bits per heavy atom. The molecule has 0 N–H and O–H groups in total. The highest BCUT2D eigenvalue weighted by Gasteiger charge is 2.09. The summed E-state index contributed by atoms with van der Waals surface area (Å²) in [5.74, 6) is -0.211. The van der Waals surface area contributed by atoms with E-state index in [2.05, 4.69) is 4.99 Å². The number of nitrogens with zero attached hydrogens (tertiary/aromatic N) is 2. The zero-order valence-electron chi connectivity index (χ0n) is 14.2. The second-order valence-corrected chi connectivity index (χ2v) is 5.55. The third kappa shape index (κ3) is 4.95. The molecule has 0 unspecified atom stereocenters. The molecule has 3 rings (SSSR count). The first kappa shape index (κ1) is 17.7. The number of benzene rings is 2. The van der Waals surface area contributed by atoms with Crippen LogP contribution in [0.5, 0.6) is 17.2 Å². The van der Waals surface area contributed by atoms with E-state index in [-0.39, 0.29) is 5.75 Å². The fourth-order valence-corrected chi connectivity index (χ4v) is 2.27. The van der Waals surface area contributed by atoms with E-state index >= 15 is 0 Å². The number of halogens is 2. The van der Waals surface area contributed by atoms with E-state index in [1.807, 2.05) is 18.0 Å². The van der Waals surface area contributed by atoms with Crippen molar-refractivity contribution >= 4 is 6.02 Å². The van der Waals surface area contributed by atoms with Crippen molar-refractivity contribution in [1.82, 2.24) is 4.90 Å². The van der Waals surface area contributed by atoms with Gasteiger partial charge < -0.3 is 19.1 Å². The van der Waals surface area contributed by atoms with Gasteiger partial charge in [0.05, 0.1) is 0 Å². The maximum Gasteiger partial charge on any atom is 0.292 e. The molecule has 0 aromatic heterocycles. The van der Waals surface area contributed by atoms with Crippen molar-refractivity contribution in [3.63, 3.8) is 0 Å². The average molecular weight is 360 g/mol. The minimum absolute atomic E-state index is 0.0935. The Morgan fingerprint density at radius 2 is 1.58 bits per heavy atom. The van der Waals surface area contributed by atoms with Gasteiger partial charge >= 0.3 is 0 Å². The van der Waals surface area contributed by atoms with Crippen LogP contribution in [0.15, 0.2) is 59.7 Å². The molecule has 1 aliphatic rings. The van der Waals surface area contributed by atoms with Gasteiger partial charge in [-0.2, -0.15) is 0 Å². The van der Waals surface area contributed by atoms with Gasteiger partial charge in [-0.3, -0.25) is 0 Å². The summed E-state index contributed by atoms with van der Waals surface area (Å²) in [5.41, 5.74) is 0. The van der Waals surface area contributed by atoms with Crippen LogP contribution in [0.25, 0.3) is 0 Å². The summed E-state index contributed by atoms with van der Waals surface area (Å²) >= 11 is 0. The van der Waals surface area contributed by atoms with Crippen molar-refractivity contribution in [2.45, 2.75) is 0 Å². The second kappa shape index (κ2) is 8.33. The lowest BCUT2D eigenvalue weighted by molar-refractivity contribution is 0.185. The zero-order valence-corrected chi connectivity index (χ0v) is 14.2. The molecule has 5 nitrogen and oxygen atoms in total. The van der Waals surface area contributed by atoms with Crippen molar-refractivity contribution in [2.24, 2.45) is 4.99 Å². The first-order valence-electron chi connectivity index (χ1n) is 8.04. The fraction of sp³-hybridized carbons (Fsp3) is 0.211. The van der Waals surface area contributed by atoms with Crippen LogP contribution in [0.4, 0.5) is 8.78 Å². The molecule has 1 aliphatic heterocycles. The van der Waals surface area contributed by atoms with E-state index in [0.717, 1.165) is 24.7 Å². The third-order valence-electron chi connectivity index (χ3n) is 3.47. The number of amidine groups is 1. The number of aliphatic imine (C=N–C) groups is 1. The van der Waals surface area contributed by atoms with Crippen molar-refractivity contribution in [1.29, 1.82) is 0 Å². The van der Waals surface area contributed by atoms with Crippen LogP contribution in [0.3, 0.4) is 0 Å². The van der Waals surface area contributed by atoms with Crippen LogP contribution >= 0.6 is 0 Å². The van der Waals surface area contributed by atoms with Crippen molar-refractivity contribution in [3.8, 4) is 17.2 Å². The Bertz CT molecular complexity index is 787. The van der Waals surface area contributed by atoms with Crippen molar-refractivity contribution < 1.29 is 23.0 Å². The predicted octanol–water partition coefficient (Wildman–Crippen LogP) is 3.97. The SMILES string of the molecule is CN1CC=CN=C1OCCOc1ccc(Oc2cc(F)cc(F)c2)cc1. The van der Waals surface area contributed by atoms with E-state index in [9.17, 15) is 8.78 Å². The van der Waals surface area contributed by atoms with E-state index in [0.29, 0.717) is 30.7 Å². The highest BCUT2D eigenvalue weighted by Crippen LogP contribution is 2.25. The van der Waals surface area contributed by atoms with E-state index in [1.165, 1.54) is 0 Å². The summed E-state index contributed by atoms with van der Waals surface area (Å²) in [6, 6.07) is 10.3. The Hall–Kier alpha value is -3.09. The number of hydrogen-bond donors (Lipinski definition) is 0. The van der Waals surface area contributed by atoms with Crippen LogP contribution < -0.4 is 9.47 Å². The number of likely N-dealkylation sites (N-methyl/N-ethyl adjacent to an activating group) is 1. The van der Waals surface area contributed by atoms with Crippen LogP contribution in [-0.2, 0) is 4.74 Å². The molecule has 0 spiro atoms. The topological polar surface area (TPSA) is 43.3 Å². The van der Waals surface area contributed by atoms with E-state index < -0.39 is 11.6 Å². The summed E-state index contributed by atoms with van der Waals surface area (Å²) in [6.45, 7) is 1.47. The standard InChI is InChI=1S/C19H18F2N2O3/c1-23-8-2-7-22-19(23)25-10-9-24-16-3-5-17(6-4-16)26-18-12-14(20)11-15(21)13-18/h2-7,11-13H,8-10H2,1H3. The molecule has 0 atom stereocenters. The molecule has 0 saturated heterocycles. The summed E-state index contributed by atoms with van der Waals surface area (Å²) < 4.78 is 42.9. The number of hydrogen-bond acceptors (Lipinski definition) is 5. The molecule has 1 heterocycles. The second-order valence-electron chi connectivity index (χ2n) is 5.55. The lowest BCUT2D eigenvalue weighted by Gasteiger charge is -2.21. The molecule has 0 bridgehead atoms. The Labute approximate surface area is 150 Å². The predicted molar refractivity (Wildman–Crippen MR) is 93.5 cm³/mol. The molecule has 0 saturated carbocycles. The highest BCUT2D eigenvalue weighted by atomic mass is 19.1. The largest absolute Gasteiger partial charge is 0.490 e.